The van der Waals surface area contributed by atoms with Gasteiger partial charge in [-0.15, -0.1) is 5.10 Å². The molecule has 2 heterocycles. The molecule has 2 aromatic carbocycles. The first kappa shape index (κ1) is 21.0. The van der Waals surface area contributed by atoms with E-state index in [4.69, 9.17) is 0 Å². The van der Waals surface area contributed by atoms with E-state index in [2.05, 4.69) is 20.4 Å². The number of nitrogens with zero attached hydrogens (tertiary/aromatic N) is 5. The second-order valence-electron chi connectivity index (χ2n) is 7.51. The molecule has 31 heavy (non-hydrogen) atoms. The molecule has 0 spiro atoms. The maximum Gasteiger partial charge on any atom is 0.416 e. The van der Waals surface area contributed by atoms with Gasteiger partial charge in [-0.1, -0.05) is 0 Å². The van der Waals surface area contributed by atoms with Gasteiger partial charge >= 0.3 is 6.18 Å². The molecule has 0 bridgehead atoms. The first-order chi connectivity index (χ1) is 14.8. The molecule has 1 saturated heterocycles. The molecule has 7 nitrogen and oxygen atoms in total. The van der Waals surface area contributed by atoms with Crippen LogP contribution in [0.25, 0.3) is 5.69 Å². The lowest BCUT2D eigenvalue weighted by Crippen LogP contribution is -2.36. The van der Waals surface area contributed by atoms with Crippen molar-refractivity contribution < 1.29 is 23.1 Å². The third-order valence-corrected chi connectivity index (χ3v) is 5.45. The van der Waals surface area contributed by atoms with Gasteiger partial charge in [0.25, 0.3) is 0 Å². The highest BCUT2D eigenvalue weighted by Crippen LogP contribution is 2.30. The summed E-state index contributed by atoms with van der Waals surface area (Å²) < 4.78 is 39.8. The van der Waals surface area contributed by atoms with E-state index in [1.54, 1.807) is 12.1 Å². The number of hydrogen-bond donors (Lipinski definition) is 1. The van der Waals surface area contributed by atoms with E-state index in [0.29, 0.717) is 49.6 Å². The molecule has 0 atom stereocenters. The quantitative estimate of drug-likeness (QED) is 0.623. The molecular formula is C21H20F3N5O2. The average Bonchev–Trinajstić information content (AvgIpc) is 3.22. The Bertz CT molecular complexity index is 1040. The molecule has 3 aromatic rings. The zero-order valence-corrected chi connectivity index (χ0v) is 16.5. The van der Waals surface area contributed by atoms with E-state index in [1.165, 1.54) is 28.9 Å². The van der Waals surface area contributed by atoms with E-state index in [9.17, 15) is 23.1 Å². The van der Waals surface area contributed by atoms with Crippen molar-refractivity contribution >= 4 is 5.78 Å². The van der Waals surface area contributed by atoms with Gasteiger partial charge in [-0.05, 0) is 84.9 Å². The lowest BCUT2D eigenvalue weighted by atomic mass is 9.89. The molecule has 1 N–H and O–H groups in total. The van der Waals surface area contributed by atoms with Gasteiger partial charge in [0, 0.05) is 11.5 Å². The molecule has 1 fully saturated rings. The molecule has 1 aliphatic rings. The fourth-order valence-corrected chi connectivity index (χ4v) is 3.71. The number of rotatable bonds is 5. The normalized spacial score (nSPS) is 15.8. The van der Waals surface area contributed by atoms with Crippen LogP contribution in [0.15, 0.2) is 48.5 Å². The minimum Gasteiger partial charge on any atom is -0.508 e. The third-order valence-electron chi connectivity index (χ3n) is 5.45. The molecule has 162 valence electrons. The van der Waals surface area contributed by atoms with Crippen LogP contribution in [-0.4, -0.2) is 49.1 Å². The van der Waals surface area contributed by atoms with Crippen LogP contribution in [0.5, 0.6) is 5.75 Å². The molecule has 1 aliphatic heterocycles. The van der Waals surface area contributed by atoms with Crippen LogP contribution in [0.3, 0.4) is 0 Å². The Morgan fingerprint density at radius 2 is 1.68 bits per heavy atom. The highest BCUT2D eigenvalue weighted by atomic mass is 19.4. The number of ketones is 1. The monoisotopic (exact) mass is 431 g/mol. The Morgan fingerprint density at radius 3 is 2.29 bits per heavy atom. The number of phenolic OH excluding ortho intramolecular Hbond substituents is 1. The second kappa shape index (κ2) is 8.46. The number of phenols is 1. The van der Waals surface area contributed by atoms with Crippen molar-refractivity contribution in [2.24, 2.45) is 5.92 Å². The summed E-state index contributed by atoms with van der Waals surface area (Å²) in [6, 6.07) is 10.9. The van der Waals surface area contributed by atoms with Gasteiger partial charge in [-0.3, -0.25) is 9.69 Å². The van der Waals surface area contributed by atoms with Crippen molar-refractivity contribution in [3.63, 3.8) is 0 Å². The molecule has 0 aliphatic carbocycles. The van der Waals surface area contributed by atoms with Gasteiger partial charge in [0.2, 0.25) is 0 Å². The van der Waals surface area contributed by atoms with Crippen LogP contribution >= 0.6 is 0 Å². The zero-order chi connectivity index (χ0) is 22.0. The van der Waals surface area contributed by atoms with E-state index >= 15 is 0 Å². The average molecular weight is 431 g/mol. The van der Waals surface area contributed by atoms with Crippen molar-refractivity contribution in [1.29, 1.82) is 0 Å². The topological polar surface area (TPSA) is 84.1 Å². The summed E-state index contributed by atoms with van der Waals surface area (Å²) in [5.41, 5.74) is 0.305. The summed E-state index contributed by atoms with van der Waals surface area (Å²) >= 11 is 0. The molecule has 0 amide bonds. The lowest BCUT2D eigenvalue weighted by molar-refractivity contribution is -0.137. The highest BCUT2D eigenvalue weighted by Gasteiger charge is 2.30. The fourth-order valence-electron chi connectivity index (χ4n) is 3.71. The van der Waals surface area contributed by atoms with Crippen LogP contribution in [0.4, 0.5) is 13.2 Å². The SMILES string of the molecule is O=C(c1ccc(O)cc1)C1CCN(Cc2nnnn2-c2ccc(C(F)(F)F)cc2)CC1. The maximum absolute atomic E-state index is 12.8. The largest absolute Gasteiger partial charge is 0.508 e. The standard InChI is InChI=1S/C21H20F3N5O2/c22-21(23,24)16-3-5-17(6-4-16)29-19(25-26-27-29)13-28-11-9-15(10-12-28)20(31)14-1-7-18(30)8-2-14/h1-8,15,30H,9-13H2. The fraction of sp³-hybridized carbons (Fsp3) is 0.333. The number of benzene rings is 2. The number of carbonyl (C=O) groups excluding carboxylic acids is 1. The summed E-state index contributed by atoms with van der Waals surface area (Å²) in [5, 5.41) is 21.0. The van der Waals surface area contributed by atoms with Gasteiger partial charge in [0.05, 0.1) is 17.8 Å². The molecule has 0 radical (unpaired) electrons. The van der Waals surface area contributed by atoms with Crippen molar-refractivity contribution in [3.05, 3.63) is 65.5 Å². The molecular weight excluding hydrogens is 411 g/mol. The van der Waals surface area contributed by atoms with Crippen molar-refractivity contribution in [3.8, 4) is 11.4 Å². The van der Waals surface area contributed by atoms with Crippen LogP contribution in [-0.2, 0) is 12.7 Å². The molecule has 0 saturated carbocycles. The lowest BCUT2D eigenvalue weighted by Gasteiger charge is -2.30. The Balaban J connectivity index is 1.38. The number of tetrazole rings is 1. The number of likely N-dealkylation sites (tertiary alicyclic amines) is 1. The maximum atomic E-state index is 12.8. The number of hydrogen-bond acceptors (Lipinski definition) is 6. The van der Waals surface area contributed by atoms with E-state index in [1.807, 2.05) is 0 Å². The smallest absolute Gasteiger partial charge is 0.416 e. The minimum absolute atomic E-state index is 0.0641. The Hall–Kier alpha value is -3.27. The predicted octanol–water partition coefficient (Wildman–Crippen LogP) is 3.48. The molecule has 1 aromatic heterocycles. The first-order valence-electron chi connectivity index (χ1n) is 9.82. The number of alkyl halides is 3. The molecule has 0 unspecified atom stereocenters. The number of aromatic hydroxyl groups is 1. The first-order valence-corrected chi connectivity index (χ1v) is 9.82. The third kappa shape index (κ3) is 4.74. The number of aromatic nitrogens is 4. The van der Waals surface area contributed by atoms with E-state index in [-0.39, 0.29) is 17.5 Å². The van der Waals surface area contributed by atoms with E-state index in [0.717, 1.165) is 12.1 Å². The Labute approximate surface area is 176 Å². The van der Waals surface area contributed by atoms with Gasteiger partial charge < -0.3 is 5.11 Å². The Morgan fingerprint density at radius 1 is 1.03 bits per heavy atom. The van der Waals surface area contributed by atoms with Crippen molar-refractivity contribution in [1.82, 2.24) is 25.1 Å². The zero-order valence-electron chi connectivity index (χ0n) is 16.5. The summed E-state index contributed by atoms with van der Waals surface area (Å²) in [7, 11) is 0. The number of Topliss-reactive ketones (excluding diaryl/α,β-unsaturated/α-hetero) is 1. The molecule has 4 rings (SSSR count). The highest BCUT2D eigenvalue weighted by molar-refractivity contribution is 5.98. The van der Waals surface area contributed by atoms with Crippen LogP contribution in [0, 0.1) is 5.92 Å². The van der Waals surface area contributed by atoms with Crippen LogP contribution < -0.4 is 0 Å². The number of carbonyl (C=O) groups is 1. The van der Waals surface area contributed by atoms with Gasteiger partial charge in [0.1, 0.15) is 5.75 Å². The summed E-state index contributed by atoms with van der Waals surface area (Å²) in [4.78, 5) is 14.8. The van der Waals surface area contributed by atoms with Crippen molar-refractivity contribution in [2.75, 3.05) is 13.1 Å². The van der Waals surface area contributed by atoms with Crippen LogP contribution in [0.1, 0.15) is 34.6 Å². The van der Waals surface area contributed by atoms with Gasteiger partial charge in [-0.2, -0.15) is 17.9 Å². The van der Waals surface area contributed by atoms with Gasteiger partial charge in [-0.25, -0.2) is 0 Å². The minimum atomic E-state index is -4.40. The second-order valence-corrected chi connectivity index (χ2v) is 7.51. The molecule has 10 heteroatoms. The predicted molar refractivity (Wildman–Crippen MR) is 105 cm³/mol. The summed E-state index contributed by atoms with van der Waals surface area (Å²) in [6.45, 7) is 1.77. The Kier molecular flexibility index (Phi) is 5.73. The van der Waals surface area contributed by atoms with Gasteiger partial charge in [0.15, 0.2) is 11.6 Å². The summed E-state index contributed by atoms with van der Waals surface area (Å²) in [5.74, 6) is 0.612. The number of piperidine rings is 1. The number of halogens is 3. The summed E-state index contributed by atoms with van der Waals surface area (Å²) in [6.07, 6.45) is -3.03. The van der Waals surface area contributed by atoms with E-state index < -0.39 is 11.7 Å². The van der Waals surface area contributed by atoms with Crippen molar-refractivity contribution in [2.45, 2.75) is 25.6 Å². The van der Waals surface area contributed by atoms with Crippen LogP contribution in [0.2, 0.25) is 0 Å².